The number of benzene rings is 1. The molecule has 1 saturated carbocycles. The number of nitrogens with zero attached hydrogens (tertiary/aromatic N) is 2. The normalized spacial score (nSPS) is 13.2. The maximum absolute atomic E-state index is 12.0. The van der Waals surface area contributed by atoms with Gasteiger partial charge in [-0.25, -0.2) is 0 Å². The second-order valence-electron chi connectivity index (χ2n) is 6.38. The van der Waals surface area contributed by atoms with Crippen LogP contribution in [0.1, 0.15) is 53.7 Å². The Morgan fingerprint density at radius 3 is 2.59 bits per heavy atom. The number of rotatable bonds is 9. The van der Waals surface area contributed by atoms with Gasteiger partial charge in [0.15, 0.2) is 5.82 Å². The van der Waals surface area contributed by atoms with Crippen molar-refractivity contribution in [1.29, 1.82) is 0 Å². The third-order valence-electron chi connectivity index (χ3n) is 4.05. The SMILES string of the molecule is O=C(O)CNC(=O)c1ccc(NC(=O)CCCc2nc(C3CC3)no2)cc1. The Hall–Kier alpha value is -3.23. The molecule has 1 aromatic carbocycles. The largest absolute Gasteiger partial charge is 0.480 e. The number of nitrogens with one attached hydrogen (secondary N) is 2. The molecule has 9 nitrogen and oxygen atoms in total. The number of carboxylic acid groups (broad SMARTS) is 1. The molecular formula is C18H20N4O5. The standard InChI is InChI=1S/C18H20N4O5/c23-14(2-1-3-15-21-17(22-27-15)11-4-5-11)20-13-8-6-12(7-9-13)18(26)19-10-16(24)25/h6-9,11H,1-5,10H2,(H,19,26)(H,20,23)(H,24,25). The average Bonchev–Trinajstić information content (AvgIpc) is 3.39. The van der Waals surface area contributed by atoms with Crippen LogP contribution in [0.15, 0.2) is 28.8 Å². The first-order chi connectivity index (χ1) is 13.0. The first-order valence-corrected chi connectivity index (χ1v) is 8.73. The van der Waals surface area contributed by atoms with Crippen LogP contribution >= 0.6 is 0 Å². The summed E-state index contributed by atoms with van der Waals surface area (Å²) in [5.41, 5.74) is 0.876. The quantitative estimate of drug-likeness (QED) is 0.610. The van der Waals surface area contributed by atoms with Gasteiger partial charge in [-0.15, -0.1) is 0 Å². The van der Waals surface area contributed by atoms with Gasteiger partial charge in [-0.3, -0.25) is 14.4 Å². The number of hydrogen-bond donors (Lipinski definition) is 3. The van der Waals surface area contributed by atoms with Crippen LogP contribution in [0, 0.1) is 0 Å². The Kier molecular flexibility index (Phi) is 5.80. The summed E-state index contributed by atoms with van der Waals surface area (Å²) in [6.45, 7) is -0.445. The van der Waals surface area contributed by atoms with E-state index in [9.17, 15) is 14.4 Å². The van der Waals surface area contributed by atoms with Gasteiger partial charge < -0.3 is 20.3 Å². The maximum atomic E-state index is 12.0. The molecule has 0 atom stereocenters. The summed E-state index contributed by atoms with van der Waals surface area (Å²) in [5.74, 6) is 0.0141. The minimum atomic E-state index is -1.11. The number of carboxylic acids is 1. The summed E-state index contributed by atoms with van der Waals surface area (Å²) >= 11 is 0. The summed E-state index contributed by atoms with van der Waals surface area (Å²) in [6, 6.07) is 6.22. The molecule has 0 saturated heterocycles. The third-order valence-corrected chi connectivity index (χ3v) is 4.05. The summed E-state index contributed by atoms with van der Waals surface area (Å²) < 4.78 is 5.17. The number of amides is 2. The van der Waals surface area contributed by atoms with E-state index in [1.54, 1.807) is 12.1 Å². The number of anilines is 1. The summed E-state index contributed by atoms with van der Waals surface area (Å²) in [7, 11) is 0. The number of aryl methyl sites for hydroxylation is 1. The van der Waals surface area contributed by atoms with E-state index in [4.69, 9.17) is 9.63 Å². The zero-order chi connectivity index (χ0) is 19.2. The van der Waals surface area contributed by atoms with Crippen molar-refractivity contribution in [2.24, 2.45) is 0 Å². The summed E-state index contributed by atoms with van der Waals surface area (Å²) in [6.07, 6.45) is 3.68. The highest BCUT2D eigenvalue weighted by Gasteiger charge is 2.28. The zero-order valence-corrected chi connectivity index (χ0v) is 14.6. The maximum Gasteiger partial charge on any atom is 0.322 e. The second-order valence-corrected chi connectivity index (χ2v) is 6.38. The number of aromatic nitrogens is 2. The Labute approximate surface area is 155 Å². The van der Waals surface area contributed by atoms with Crippen LogP contribution in [-0.2, 0) is 16.0 Å². The lowest BCUT2D eigenvalue weighted by atomic mass is 10.2. The van der Waals surface area contributed by atoms with Crippen molar-refractivity contribution in [3.63, 3.8) is 0 Å². The van der Waals surface area contributed by atoms with E-state index in [-0.39, 0.29) is 5.91 Å². The van der Waals surface area contributed by atoms with Gasteiger partial charge in [0.2, 0.25) is 11.8 Å². The molecule has 0 radical (unpaired) electrons. The highest BCUT2D eigenvalue weighted by Crippen LogP contribution is 2.38. The first kappa shape index (κ1) is 18.6. The summed E-state index contributed by atoms with van der Waals surface area (Å²) in [5, 5.41) is 17.5. The van der Waals surface area contributed by atoms with E-state index in [1.165, 1.54) is 12.1 Å². The molecule has 2 amide bonds. The molecule has 0 bridgehead atoms. The van der Waals surface area contributed by atoms with Crippen LogP contribution in [0.4, 0.5) is 5.69 Å². The lowest BCUT2D eigenvalue weighted by molar-refractivity contribution is -0.135. The molecule has 1 fully saturated rings. The van der Waals surface area contributed by atoms with Crippen molar-refractivity contribution >= 4 is 23.5 Å². The molecule has 1 aromatic heterocycles. The fraction of sp³-hybridized carbons (Fsp3) is 0.389. The number of aliphatic carboxylic acids is 1. The molecule has 142 valence electrons. The van der Waals surface area contributed by atoms with Crippen LogP contribution < -0.4 is 10.6 Å². The Balaban J connectivity index is 1.40. The topological polar surface area (TPSA) is 134 Å². The van der Waals surface area contributed by atoms with Crippen LogP contribution in [0.25, 0.3) is 0 Å². The van der Waals surface area contributed by atoms with Gasteiger partial charge in [0.1, 0.15) is 6.54 Å². The number of hydrogen-bond acceptors (Lipinski definition) is 6. The average molecular weight is 372 g/mol. The van der Waals surface area contributed by atoms with Crippen LogP contribution in [0.3, 0.4) is 0 Å². The highest BCUT2D eigenvalue weighted by atomic mass is 16.5. The predicted octanol–water partition coefficient (Wildman–Crippen LogP) is 1.72. The van der Waals surface area contributed by atoms with Gasteiger partial charge in [0, 0.05) is 30.0 Å². The number of carbonyl (C=O) groups excluding carboxylic acids is 2. The van der Waals surface area contributed by atoms with Crippen molar-refractivity contribution in [3.05, 3.63) is 41.5 Å². The fourth-order valence-electron chi connectivity index (χ4n) is 2.46. The molecule has 0 unspecified atom stereocenters. The predicted molar refractivity (Wildman–Crippen MR) is 94.3 cm³/mol. The van der Waals surface area contributed by atoms with Gasteiger partial charge in [0.05, 0.1) is 0 Å². The third kappa shape index (κ3) is 5.63. The van der Waals surface area contributed by atoms with Gasteiger partial charge in [-0.1, -0.05) is 5.16 Å². The fourth-order valence-corrected chi connectivity index (χ4v) is 2.46. The van der Waals surface area contributed by atoms with E-state index in [0.717, 1.165) is 18.7 Å². The molecule has 27 heavy (non-hydrogen) atoms. The van der Waals surface area contributed by atoms with Crippen LogP contribution in [0.5, 0.6) is 0 Å². The van der Waals surface area contributed by atoms with Crippen molar-refractivity contribution in [2.75, 3.05) is 11.9 Å². The molecular weight excluding hydrogens is 352 g/mol. The molecule has 1 aliphatic rings. The first-order valence-electron chi connectivity index (χ1n) is 8.73. The van der Waals surface area contributed by atoms with Gasteiger partial charge >= 0.3 is 5.97 Å². The highest BCUT2D eigenvalue weighted by molar-refractivity contribution is 5.97. The van der Waals surface area contributed by atoms with Crippen LogP contribution in [0.2, 0.25) is 0 Å². The smallest absolute Gasteiger partial charge is 0.322 e. The van der Waals surface area contributed by atoms with E-state index in [2.05, 4.69) is 20.8 Å². The molecule has 1 aliphatic carbocycles. The Morgan fingerprint density at radius 1 is 1.19 bits per heavy atom. The van der Waals surface area contributed by atoms with E-state index in [0.29, 0.717) is 42.3 Å². The molecule has 1 heterocycles. The van der Waals surface area contributed by atoms with Gasteiger partial charge in [0.25, 0.3) is 5.91 Å². The van der Waals surface area contributed by atoms with Crippen LogP contribution in [-0.4, -0.2) is 39.6 Å². The monoisotopic (exact) mass is 372 g/mol. The minimum Gasteiger partial charge on any atom is -0.480 e. The minimum absolute atomic E-state index is 0.153. The zero-order valence-electron chi connectivity index (χ0n) is 14.6. The molecule has 9 heteroatoms. The van der Waals surface area contributed by atoms with E-state index in [1.807, 2.05) is 0 Å². The molecule has 0 aliphatic heterocycles. The van der Waals surface area contributed by atoms with Crippen molar-refractivity contribution in [1.82, 2.24) is 15.5 Å². The lowest BCUT2D eigenvalue weighted by Crippen LogP contribution is -2.29. The Bertz CT molecular complexity index is 827. The Morgan fingerprint density at radius 2 is 1.93 bits per heavy atom. The van der Waals surface area contributed by atoms with Gasteiger partial charge in [-0.05, 0) is 43.5 Å². The molecule has 3 rings (SSSR count). The summed E-state index contributed by atoms with van der Waals surface area (Å²) in [4.78, 5) is 38.5. The molecule has 3 N–H and O–H groups in total. The van der Waals surface area contributed by atoms with E-state index >= 15 is 0 Å². The number of carbonyl (C=O) groups is 3. The molecule has 2 aromatic rings. The van der Waals surface area contributed by atoms with Crippen molar-refractivity contribution in [3.8, 4) is 0 Å². The van der Waals surface area contributed by atoms with Gasteiger partial charge in [-0.2, -0.15) is 4.98 Å². The van der Waals surface area contributed by atoms with Crippen molar-refractivity contribution < 1.29 is 24.0 Å². The lowest BCUT2D eigenvalue weighted by Gasteiger charge is -2.06. The second kappa shape index (κ2) is 8.43. The molecule has 0 spiro atoms. The van der Waals surface area contributed by atoms with Crippen molar-refractivity contribution in [2.45, 2.75) is 38.0 Å². The van der Waals surface area contributed by atoms with E-state index < -0.39 is 18.4 Å².